The highest BCUT2D eigenvalue weighted by atomic mass is 32.1. The molecule has 0 fully saturated rings. The number of nitriles is 1. The van der Waals surface area contributed by atoms with E-state index in [4.69, 9.17) is 14.6 Å². The van der Waals surface area contributed by atoms with E-state index in [1.807, 2.05) is 41.8 Å². The van der Waals surface area contributed by atoms with Crippen LogP contribution in [0.5, 0.6) is 11.5 Å². The molecule has 0 aliphatic heterocycles. The molecule has 1 heterocycles. The first kappa shape index (κ1) is 21.5. The van der Waals surface area contributed by atoms with Crippen molar-refractivity contribution in [2.45, 2.75) is 0 Å². The van der Waals surface area contributed by atoms with Crippen LogP contribution in [0, 0.1) is 11.3 Å². The van der Waals surface area contributed by atoms with Crippen molar-refractivity contribution < 1.29 is 24.2 Å². The van der Waals surface area contributed by atoms with Gasteiger partial charge in [-0.2, -0.15) is 5.26 Å². The van der Waals surface area contributed by atoms with Crippen molar-refractivity contribution in [2.24, 2.45) is 0 Å². The standard InChI is InChI=1S/C22H17N3O5S/c1-29-19-10-14(7-8-18(19)30-12-20(26)27)9-16(11-23)21(28)25-22-24-17(13-31-22)15-5-3-2-4-6-15/h2-10,13H,12H2,1H3,(H,26,27)(H,24,25,28)/b16-9-. The lowest BCUT2D eigenvalue weighted by atomic mass is 10.1. The zero-order valence-corrected chi connectivity index (χ0v) is 17.2. The molecule has 0 aliphatic carbocycles. The number of carboxylic acid groups (broad SMARTS) is 1. The number of hydrogen-bond acceptors (Lipinski definition) is 7. The summed E-state index contributed by atoms with van der Waals surface area (Å²) in [6.07, 6.45) is 1.39. The number of carboxylic acids is 1. The van der Waals surface area contributed by atoms with E-state index in [9.17, 15) is 14.9 Å². The molecular formula is C22H17N3O5S. The van der Waals surface area contributed by atoms with Crippen molar-refractivity contribution >= 4 is 34.4 Å². The SMILES string of the molecule is COc1cc(/C=C(/C#N)C(=O)Nc2nc(-c3ccccc3)cs2)ccc1OCC(=O)O. The smallest absolute Gasteiger partial charge is 0.341 e. The monoisotopic (exact) mass is 435 g/mol. The van der Waals surface area contributed by atoms with Crippen molar-refractivity contribution in [3.05, 3.63) is 65.0 Å². The molecule has 0 saturated carbocycles. The van der Waals surface area contributed by atoms with E-state index in [1.165, 1.54) is 30.6 Å². The molecule has 0 saturated heterocycles. The molecule has 0 unspecified atom stereocenters. The van der Waals surface area contributed by atoms with Crippen molar-refractivity contribution in [3.63, 3.8) is 0 Å². The lowest BCUT2D eigenvalue weighted by Gasteiger charge is -2.10. The number of aliphatic carboxylic acids is 1. The second-order valence-corrected chi connectivity index (χ2v) is 6.98. The highest BCUT2D eigenvalue weighted by Crippen LogP contribution is 2.29. The molecule has 0 spiro atoms. The average Bonchev–Trinajstić information content (AvgIpc) is 3.25. The molecule has 0 aliphatic rings. The van der Waals surface area contributed by atoms with E-state index in [0.717, 1.165) is 11.3 Å². The number of hydrogen-bond donors (Lipinski definition) is 2. The number of methoxy groups -OCH3 is 1. The molecule has 0 bridgehead atoms. The van der Waals surface area contributed by atoms with Gasteiger partial charge in [0.25, 0.3) is 5.91 Å². The number of aromatic nitrogens is 1. The van der Waals surface area contributed by atoms with Gasteiger partial charge >= 0.3 is 5.97 Å². The summed E-state index contributed by atoms with van der Waals surface area (Å²) in [5.74, 6) is -1.20. The van der Waals surface area contributed by atoms with Gasteiger partial charge in [-0.25, -0.2) is 9.78 Å². The Bertz CT molecular complexity index is 1170. The second-order valence-electron chi connectivity index (χ2n) is 6.12. The third kappa shape index (κ3) is 5.68. The summed E-state index contributed by atoms with van der Waals surface area (Å²) >= 11 is 1.26. The predicted molar refractivity (Wildman–Crippen MR) is 116 cm³/mol. The number of anilines is 1. The summed E-state index contributed by atoms with van der Waals surface area (Å²) in [5.41, 5.74) is 2.03. The largest absolute Gasteiger partial charge is 0.493 e. The van der Waals surface area contributed by atoms with Crippen LogP contribution in [-0.2, 0) is 9.59 Å². The summed E-state index contributed by atoms with van der Waals surface area (Å²) in [7, 11) is 1.40. The van der Waals surface area contributed by atoms with Crippen LogP contribution in [0.3, 0.4) is 0 Å². The highest BCUT2D eigenvalue weighted by molar-refractivity contribution is 7.14. The minimum absolute atomic E-state index is 0.127. The Morgan fingerprint density at radius 2 is 2.00 bits per heavy atom. The summed E-state index contributed by atoms with van der Waals surface area (Å²) in [4.78, 5) is 27.6. The molecule has 2 aromatic carbocycles. The van der Waals surface area contributed by atoms with Crippen LogP contribution in [0.15, 0.2) is 59.5 Å². The van der Waals surface area contributed by atoms with Gasteiger partial charge < -0.3 is 14.6 Å². The number of amides is 1. The van der Waals surface area contributed by atoms with Crippen molar-refractivity contribution in [1.29, 1.82) is 5.26 Å². The number of ether oxygens (including phenoxy) is 2. The quantitative estimate of drug-likeness (QED) is 0.407. The van der Waals surface area contributed by atoms with Crippen LogP contribution in [0.4, 0.5) is 5.13 Å². The first-order valence-corrected chi connectivity index (χ1v) is 9.85. The predicted octanol–water partition coefficient (Wildman–Crippen LogP) is 3.83. The van der Waals surface area contributed by atoms with Gasteiger partial charge in [-0.3, -0.25) is 10.1 Å². The Kier molecular flexibility index (Phi) is 6.98. The van der Waals surface area contributed by atoms with Gasteiger partial charge in [-0.1, -0.05) is 36.4 Å². The van der Waals surface area contributed by atoms with Gasteiger partial charge in [-0.05, 0) is 23.8 Å². The number of benzene rings is 2. The summed E-state index contributed by atoms with van der Waals surface area (Å²) < 4.78 is 10.3. The van der Waals surface area contributed by atoms with E-state index in [2.05, 4.69) is 10.3 Å². The summed E-state index contributed by atoms with van der Waals surface area (Å²) in [6, 6.07) is 16.0. The first-order valence-electron chi connectivity index (χ1n) is 8.97. The van der Waals surface area contributed by atoms with E-state index in [-0.39, 0.29) is 17.1 Å². The van der Waals surface area contributed by atoms with Gasteiger partial charge in [0.1, 0.15) is 11.6 Å². The highest BCUT2D eigenvalue weighted by Gasteiger charge is 2.14. The lowest BCUT2D eigenvalue weighted by Crippen LogP contribution is -2.13. The van der Waals surface area contributed by atoms with Gasteiger partial charge in [0, 0.05) is 10.9 Å². The van der Waals surface area contributed by atoms with Gasteiger partial charge in [0.2, 0.25) is 0 Å². The fourth-order valence-electron chi connectivity index (χ4n) is 2.59. The van der Waals surface area contributed by atoms with Gasteiger partial charge in [0.05, 0.1) is 12.8 Å². The van der Waals surface area contributed by atoms with E-state index >= 15 is 0 Å². The molecule has 0 atom stereocenters. The Balaban J connectivity index is 1.75. The number of thiazole rings is 1. The Morgan fingerprint density at radius 3 is 2.68 bits per heavy atom. The number of nitrogens with zero attached hydrogens (tertiary/aromatic N) is 2. The molecule has 1 amide bonds. The summed E-state index contributed by atoms with van der Waals surface area (Å²) in [5, 5.41) is 23.0. The number of carbonyl (C=O) groups excluding carboxylic acids is 1. The fourth-order valence-corrected chi connectivity index (χ4v) is 3.30. The molecule has 0 radical (unpaired) electrons. The molecule has 3 rings (SSSR count). The zero-order valence-electron chi connectivity index (χ0n) is 16.4. The third-order valence-corrected chi connectivity index (χ3v) is 4.77. The van der Waals surface area contributed by atoms with Crippen LogP contribution >= 0.6 is 11.3 Å². The van der Waals surface area contributed by atoms with Crippen molar-refractivity contribution in [3.8, 4) is 28.8 Å². The normalized spacial score (nSPS) is 10.8. The van der Waals surface area contributed by atoms with Crippen molar-refractivity contribution in [2.75, 3.05) is 19.0 Å². The lowest BCUT2D eigenvalue weighted by molar-refractivity contribution is -0.139. The molecular weight excluding hydrogens is 418 g/mol. The zero-order chi connectivity index (χ0) is 22.2. The maximum atomic E-state index is 12.5. The Hall–Kier alpha value is -4.16. The topological polar surface area (TPSA) is 122 Å². The second kappa shape index (κ2) is 10.0. The van der Waals surface area contributed by atoms with E-state index < -0.39 is 18.5 Å². The molecule has 3 aromatic rings. The van der Waals surface area contributed by atoms with Gasteiger partial charge in [0.15, 0.2) is 23.2 Å². The van der Waals surface area contributed by atoms with Crippen LogP contribution in [-0.4, -0.2) is 35.7 Å². The Labute approximate surface area is 182 Å². The average molecular weight is 435 g/mol. The number of nitrogens with one attached hydrogen (secondary N) is 1. The Morgan fingerprint density at radius 1 is 1.23 bits per heavy atom. The van der Waals surface area contributed by atoms with E-state index in [1.54, 1.807) is 12.1 Å². The molecule has 31 heavy (non-hydrogen) atoms. The molecule has 1 aromatic heterocycles. The molecule has 8 nitrogen and oxygen atoms in total. The minimum atomic E-state index is -1.12. The van der Waals surface area contributed by atoms with Gasteiger partial charge in [-0.15, -0.1) is 11.3 Å². The van der Waals surface area contributed by atoms with E-state index in [0.29, 0.717) is 10.7 Å². The third-order valence-electron chi connectivity index (χ3n) is 4.01. The summed E-state index contributed by atoms with van der Waals surface area (Å²) in [6.45, 7) is -0.518. The first-order chi connectivity index (χ1) is 15.0. The number of rotatable bonds is 8. The van der Waals surface area contributed by atoms with Crippen LogP contribution in [0.2, 0.25) is 0 Å². The fraction of sp³-hybridized carbons (Fsp3) is 0.0909. The molecule has 156 valence electrons. The molecule has 2 N–H and O–H groups in total. The van der Waals surface area contributed by atoms with Crippen LogP contribution < -0.4 is 14.8 Å². The van der Waals surface area contributed by atoms with Crippen molar-refractivity contribution in [1.82, 2.24) is 4.98 Å². The minimum Gasteiger partial charge on any atom is -0.493 e. The van der Waals surface area contributed by atoms with Crippen LogP contribution in [0.25, 0.3) is 17.3 Å². The molecule has 9 heteroatoms. The maximum Gasteiger partial charge on any atom is 0.341 e. The maximum absolute atomic E-state index is 12.5. The number of carbonyl (C=O) groups is 2. The van der Waals surface area contributed by atoms with Crippen LogP contribution in [0.1, 0.15) is 5.56 Å².